The minimum Gasteiger partial charge on any atom is -0.482 e. The smallest absolute Gasteiger partial charge is 0.341 e. The zero-order chi connectivity index (χ0) is 21.6. The number of nitrogens with one attached hydrogen (secondary N) is 2. The summed E-state index contributed by atoms with van der Waals surface area (Å²) in [5.41, 5.74) is 2.30. The highest BCUT2D eigenvalue weighted by atomic mass is 16.5. The minimum atomic E-state index is -1.05. The number of carboxylic acid groups (broad SMARTS) is 1. The number of hydrogen-bond donors (Lipinski definition) is 3. The molecule has 2 amide bonds. The third-order valence-electron chi connectivity index (χ3n) is 4.16. The van der Waals surface area contributed by atoms with Gasteiger partial charge in [0.05, 0.1) is 0 Å². The molecule has 2 aromatic rings. The second-order valence-electron chi connectivity index (χ2n) is 7.74. The van der Waals surface area contributed by atoms with Crippen molar-refractivity contribution in [2.24, 2.45) is 5.41 Å². The van der Waals surface area contributed by atoms with Crippen LogP contribution in [0.2, 0.25) is 0 Å². The molecule has 0 saturated heterocycles. The van der Waals surface area contributed by atoms with E-state index in [9.17, 15) is 14.4 Å². The first-order valence-corrected chi connectivity index (χ1v) is 9.20. The number of aliphatic carboxylic acids is 1. The molecule has 2 aromatic carbocycles. The van der Waals surface area contributed by atoms with Crippen molar-refractivity contribution in [1.82, 2.24) is 5.32 Å². The summed E-state index contributed by atoms with van der Waals surface area (Å²) in [7, 11) is 0. The number of aryl methyl sites for hydroxylation is 1. The molecule has 0 aliphatic heterocycles. The first kappa shape index (κ1) is 21.9. The van der Waals surface area contributed by atoms with Crippen molar-refractivity contribution in [3.63, 3.8) is 0 Å². The maximum absolute atomic E-state index is 12.5. The highest BCUT2D eigenvalue weighted by Gasteiger charge is 2.20. The summed E-state index contributed by atoms with van der Waals surface area (Å²) in [5.74, 6) is -0.936. The van der Waals surface area contributed by atoms with Gasteiger partial charge in [-0.15, -0.1) is 0 Å². The van der Waals surface area contributed by atoms with Crippen molar-refractivity contribution >= 4 is 23.5 Å². The number of amides is 2. The van der Waals surface area contributed by atoms with Gasteiger partial charge in [-0.25, -0.2) is 4.79 Å². The van der Waals surface area contributed by atoms with Crippen LogP contribution in [0.25, 0.3) is 0 Å². The Morgan fingerprint density at radius 1 is 1.03 bits per heavy atom. The molecule has 0 fully saturated rings. The van der Waals surface area contributed by atoms with E-state index in [1.165, 1.54) is 0 Å². The van der Waals surface area contributed by atoms with Crippen molar-refractivity contribution in [1.29, 1.82) is 0 Å². The van der Waals surface area contributed by atoms with E-state index in [1.807, 2.05) is 20.8 Å². The second kappa shape index (κ2) is 9.23. The standard InChI is InChI=1S/C22H26N2O5/c1-14-11-17(29-13-19(25)26)9-10-18(14)24-20(27)16-7-5-15(6-8-16)12-23-21(28)22(2,3)4/h5-11H,12-13H2,1-4H3,(H,23,28)(H,24,27)(H,25,26). The molecule has 3 N–H and O–H groups in total. The fourth-order valence-electron chi connectivity index (χ4n) is 2.43. The molecule has 0 spiro atoms. The fourth-order valence-corrected chi connectivity index (χ4v) is 2.43. The molecule has 0 heterocycles. The van der Waals surface area contributed by atoms with Crippen molar-refractivity contribution in [3.8, 4) is 5.75 Å². The van der Waals surface area contributed by atoms with E-state index in [4.69, 9.17) is 9.84 Å². The molecule has 0 aromatic heterocycles. The number of carbonyl (C=O) groups excluding carboxylic acids is 2. The van der Waals surface area contributed by atoms with Crippen molar-refractivity contribution in [2.45, 2.75) is 34.2 Å². The van der Waals surface area contributed by atoms with Crippen LogP contribution in [0.1, 0.15) is 42.3 Å². The van der Waals surface area contributed by atoms with Gasteiger partial charge >= 0.3 is 5.97 Å². The number of benzene rings is 2. The maximum Gasteiger partial charge on any atom is 0.341 e. The van der Waals surface area contributed by atoms with Gasteiger partial charge in [-0.1, -0.05) is 32.9 Å². The summed E-state index contributed by atoms with van der Waals surface area (Å²) in [5, 5.41) is 14.4. The van der Waals surface area contributed by atoms with Crippen LogP contribution in [0.15, 0.2) is 42.5 Å². The van der Waals surface area contributed by atoms with Crippen LogP contribution in [-0.4, -0.2) is 29.5 Å². The molecule has 0 bridgehead atoms. The van der Waals surface area contributed by atoms with Crippen molar-refractivity contribution in [2.75, 3.05) is 11.9 Å². The third kappa shape index (κ3) is 6.64. The van der Waals surface area contributed by atoms with Gasteiger partial charge in [-0.05, 0) is 48.4 Å². The highest BCUT2D eigenvalue weighted by molar-refractivity contribution is 6.04. The Labute approximate surface area is 170 Å². The first-order valence-electron chi connectivity index (χ1n) is 9.20. The monoisotopic (exact) mass is 398 g/mol. The lowest BCUT2D eigenvalue weighted by molar-refractivity contribution is -0.139. The normalized spacial score (nSPS) is 10.9. The number of anilines is 1. The molecule has 2 rings (SSSR count). The van der Waals surface area contributed by atoms with Gasteiger partial charge in [0.2, 0.25) is 5.91 Å². The van der Waals surface area contributed by atoms with Gasteiger partial charge in [0, 0.05) is 23.2 Å². The van der Waals surface area contributed by atoms with E-state index in [1.54, 1.807) is 49.4 Å². The van der Waals surface area contributed by atoms with Gasteiger partial charge in [-0.3, -0.25) is 9.59 Å². The Balaban J connectivity index is 1.97. The van der Waals surface area contributed by atoms with Crippen LogP contribution in [-0.2, 0) is 16.1 Å². The summed E-state index contributed by atoms with van der Waals surface area (Å²) in [6, 6.07) is 11.9. The Kier molecular flexibility index (Phi) is 6.98. The lowest BCUT2D eigenvalue weighted by Gasteiger charge is -2.17. The van der Waals surface area contributed by atoms with E-state index in [-0.39, 0.29) is 11.8 Å². The van der Waals surface area contributed by atoms with E-state index in [0.717, 1.165) is 11.1 Å². The Morgan fingerprint density at radius 2 is 1.69 bits per heavy atom. The maximum atomic E-state index is 12.5. The van der Waals surface area contributed by atoms with E-state index < -0.39 is 18.0 Å². The molecule has 0 unspecified atom stereocenters. The lowest BCUT2D eigenvalue weighted by atomic mass is 9.95. The lowest BCUT2D eigenvalue weighted by Crippen LogP contribution is -2.34. The zero-order valence-electron chi connectivity index (χ0n) is 17.0. The average molecular weight is 398 g/mol. The fraction of sp³-hybridized carbons (Fsp3) is 0.318. The van der Waals surface area contributed by atoms with E-state index >= 15 is 0 Å². The molecule has 29 heavy (non-hydrogen) atoms. The molecule has 7 nitrogen and oxygen atoms in total. The number of ether oxygens (including phenoxy) is 1. The van der Waals surface area contributed by atoms with E-state index in [0.29, 0.717) is 23.5 Å². The quantitative estimate of drug-likeness (QED) is 0.663. The first-order chi connectivity index (χ1) is 13.6. The zero-order valence-corrected chi connectivity index (χ0v) is 17.0. The van der Waals surface area contributed by atoms with E-state index in [2.05, 4.69) is 10.6 Å². The summed E-state index contributed by atoms with van der Waals surface area (Å²) < 4.78 is 5.12. The van der Waals surface area contributed by atoms with Crippen LogP contribution < -0.4 is 15.4 Å². The molecule has 7 heteroatoms. The molecule has 0 atom stereocenters. The molecule has 0 aliphatic rings. The number of rotatable bonds is 7. The Morgan fingerprint density at radius 3 is 2.24 bits per heavy atom. The predicted molar refractivity (Wildman–Crippen MR) is 110 cm³/mol. The SMILES string of the molecule is Cc1cc(OCC(=O)O)ccc1NC(=O)c1ccc(CNC(=O)C(C)(C)C)cc1. The van der Waals surface area contributed by atoms with Crippen LogP contribution in [0.3, 0.4) is 0 Å². The molecular weight excluding hydrogens is 372 g/mol. The van der Waals surface area contributed by atoms with Crippen LogP contribution in [0.4, 0.5) is 5.69 Å². The van der Waals surface area contributed by atoms with Gasteiger partial charge in [0.15, 0.2) is 6.61 Å². The van der Waals surface area contributed by atoms with Crippen molar-refractivity contribution < 1.29 is 24.2 Å². The largest absolute Gasteiger partial charge is 0.482 e. The van der Waals surface area contributed by atoms with Crippen molar-refractivity contribution in [3.05, 3.63) is 59.2 Å². The topological polar surface area (TPSA) is 105 Å². The summed E-state index contributed by atoms with van der Waals surface area (Å²) >= 11 is 0. The summed E-state index contributed by atoms with van der Waals surface area (Å²) in [4.78, 5) is 35.0. The number of carbonyl (C=O) groups is 3. The second-order valence-corrected chi connectivity index (χ2v) is 7.74. The van der Waals surface area contributed by atoms with Gasteiger partial charge < -0.3 is 20.5 Å². The van der Waals surface area contributed by atoms with Gasteiger partial charge in [0.1, 0.15) is 5.75 Å². The molecule has 0 saturated carbocycles. The molecule has 0 aliphatic carbocycles. The number of carboxylic acids is 1. The molecule has 154 valence electrons. The van der Waals surface area contributed by atoms with Gasteiger partial charge in [0.25, 0.3) is 5.91 Å². The average Bonchev–Trinajstić information content (AvgIpc) is 2.65. The van der Waals surface area contributed by atoms with Crippen LogP contribution >= 0.6 is 0 Å². The third-order valence-corrected chi connectivity index (χ3v) is 4.16. The molecular formula is C22H26N2O5. The Bertz CT molecular complexity index is 898. The van der Waals surface area contributed by atoms with Gasteiger partial charge in [-0.2, -0.15) is 0 Å². The van der Waals surface area contributed by atoms with Crippen LogP contribution in [0, 0.1) is 12.3 Å². The number of hydrogen-bond acceptors (Lipinski definition) is 4. The summed E-state index contributed by atoms with van der Waals surface area (Å²) in [6.45, 7) is 7.32. The highest BCUT2D eigenvalue weighted by Crippen LogP contribution is 2.22. The minimum absolute atomic E-state index is 0.0365. The Hall–Kier alpha value is -3.35. The van der Waals surface area contributed by atoms with Crippen LogP contribution in [0.5, 0.6) is 5.75 Å². The summed E-state index contributed by atoms with van der Waals surface area (Å²) in [6.07, 6.45) is 0. The molecule has 0 radical (unpaired) electrons. The predicted octanol–water partition coefficient (Wildman–Crippen LogP) is 3.37.